The first-order chi connectivity index (χ1) is 17.7. The Morgan fingerprint density at radius 3 is 2.57 bits per heavy atom. The van der Waals surface area contributed by atoms with Crippen LogP contribution in [0.1, 0.15) is 27.4 Å². The lowest BCUT2D eigenvalue weighted by atomic mass is 10.1. The van der Waals surface area contributed by atoms with E-state index in [1.165, 1.54) is 37.5 Å². The number of furan rings is 1. The molecule has 2 heterocycles. The smallest absolute Gasteiger partial charge is 0.373 e. The van der Waals surface area contributed by atoms with Crippen LogP contribution in [-0.4, -0.2) is 34.8 Å². The van der Waals surface area contributed by atoms with E-state index in [4.69, 9.17) is 9.15 Å². The van der Waals surface area contributed by atoms with E-state index < -0.39 is 22.8 Å². The maximum Gasteiger partial charge on any atom is 0.373 e. The molecule has 11 nitrogen and oxygen atoms in total. The van der Waals surface area contributed by atoms with E-state index in [0.29, 0.717) is 4.47 Å². The van der Waals surface area contributed by atoms with Crippen molar-refractivity contribution in [1.29, 1.82) is 0 Å². The molecule has 3 aromatic rings. The molecule has 13 heteroatoms. The molecule has 4 rings (SSSR count). The highest BCUT2D eigenvalue weighted by molar-refractivity contribution is 9.10. The molecule has 3 amide bonds. The summed E-state index contributed by atoms with van der Waals surface area (Å²) in [6, 6.07) is 12.2. The van der Waals surface area contributed by atoms with E-state index in [2.05, 4.69) is 41.9 Å². The summed E-state index contributed by atoms with van der Waals surface area (Å²) in [7, 11) is 1.20. The fourth-order valence-electron chi connectivity index (χ4n) is 3.41. The normalized spacial score (nSPS) is 14.1. The van der Waals surface area contributed by atoms with Crippen molar-refractivity contribution in [2.45, 2.75) is 13.2 Å². The van der Waals surface area contributed by atoms with E-state index in [1.807, 2.05) is 24.3 Å². The molecule has 0 spiro atoms. The molecule has 1 aliphatic heterocycles. The molecule has 1 fully saturated rings. The van der Waals surface area contributed by atoms with Gasteiger partial charge >= 0.3 is 17.7 Å². The van der Waals surface area contributed by atoms with Crippen molar-refractivity contribution in [3.63, 3.8) is 0 Å². The van der Waals surface area contributed by atoms with Gasteiger partial charge in [-0.25, -0.2) is 9.59 Å². The Morgan fingerprint density at radius 2 is 1.89 bits per heavy atom. The molecule has 2 aromatic carbocycles. The Labute approximate surface area is 226 Å². The van der Waals surface area contributed by atoms with Gasteiger partial charge in [-0.2, -0.15) is 0 Å². The molecule has 0 atom stereocenters. The minimum atomic E-state index is -0.713. The number of carbonyl (C=O) groups excluding carboxylic acids is 3. The summed E-state index contributed by atoms with van der Waals surface area (Å²) in [6.45, 7) is -0.132. The molecule has 1 aliphatic rings. The number of ether oxygens (including phenoxy) is 2. The van der Waals surface area contributed by atoms with Crippen LogP contribution in [0.2, 0.25) is 0 Å². The van der Waals surface area contributed by atoms with E-state index in [0.717, 1.165) is 14.9 Å². The van der Waals surface area contributed by atoms with Crippen LogP contribution < -0.4 is 10.1 Å². The highest BCUT2D eigenvalue weighted by Crippen LogP contribution is 2.38. The average Bonchev–Trinajstić information content (AvgIpc) is 3.44. The number of rotatable bonds is 8. The van der Waals surface area contributed by atoms with E-state index >= 15 is 0 Å². The third kappa shape index (κ3) is 5.89. The third-order valence-corrected chi connectivity index (χ3v) is 6.29. The van der Waals surface area contributed by atoms with Gasteiger partial charge in [-0.15, -0.1) is 0 Å². The predicted molar refractivity (Wildman–Crippen MR) is 136 cm³/mol. The van der Waals surface area contributed by atoms with E-state index in [9.17, 15) is 24.5 Å². The number of halogens is 2. The van der Waals surface area contributed by atoms with Crippen LogP contribution in [0.5, 0.6) is 5.75 Å². The lowest BCUT2D eigenvalue weighted by molar-refractivity contribution is -0.386. The Hall–Kier alpha value is -3.97. The first-order valence-corrected chi connectivity index (χ1v) is 12.1. The number of amides is 3. The number of benzene rings is 2. The molecule has 1 aromatic heterocycles. The van der Waals surface area contributed by atoms with Crippen LogP contribution in [0.4, 0.5) is 10.5 Å². The van der Waals surface area contributed by atoms with Crippen LogP contribution in [0, 0.1) is 10.1 Å². The molecule has 1 saturated heterocycles. The number of hydrogen-bond acceptors (Lipinski definition) is 8. The molecular weight excluding hydrogens is 618 g/mol. The van der Waals surface area contributed by atoms with Gasteiger partial charge in [0.1, 0.15) is 18.1 Å². The number of urea groups is 1. The maximum absolute atomic E-state index is 12.8. The van der Waals surface area contributed by atoms with Crippen molar-refractivity contribution in [3.8, 4) is 5.75 Å². The zero-order chi connectivity index (χ0) is 26.7. The third-order valence-electron chi connectivity index (χ3n) is 5.17. The number of nitro groups is 1. The second kappa shape index (κ2) is 11.0. The molecule has 0 bridgehead atoms. The number of nitrogens with one attached hydrogen (secondary N) is 1. The standard InChI is InChI=1S/C24H17Br2N3O8/c1-35-23(31)20-7-6-16(37-20)11-28-22(30)18(27-24(28)32)9-14-8-17(26)21(19(10-14)29(33)34)36-12-13-2-4-15(25)5-3-13/h2-10H,11-12H2,1H3,(H,27,32)/b18-9-. The van der Waals surface area contributed by atoms with Gasteiger partial charge in [0.15, 0.2) is 0 Å². The van der Waals surface area contributed by atoms with E-state index in [1.54, 1.807) is 0 Å². The number of imide groups is 1. The number of nitrogens with zero attached hydrogens (tertiary/aromatic N) is 2. The van der Waals surface area contributed by atoms with Gasteiger partial charge in [-0.3, -0.25) is 19.8 Å². The van der Waals surface area contributed by atoms with Gasteiger partial charge in [-0.05, 0) is 63.5 Å². The largest absolute Gasteiger partial charge is 0.481 e. The van der Waals surface area contributed by atoms with Crippen molar-refractivity contribution < 1.29 is 33.2 Å². The number of nitro benzene ring substituents is 1. The number of hydrogen-bond donors (Lipinski definition) is 1. The average molecular weight is 635 g/mol. The summed E-state index contributed by atoms with van der Waals surface area (Å²) in [5, 5.41) is 14.2. The maximum atomic E-state index is 12.8. The van der Waals surface area contributed by atoms with Crippen LogP contribution >= 0.6 is 31.9 Å². The lowest BCUT2D eigenvalue weighted by Crippen LogP contribution is -2.30. The van der Waals surface area contributed by atoms with Gasteiger partial charge < -0.3 is 19.2 Å². The van der Waals surface area contributed by atoms with Gasteiger partial charge in [0.2, 0.25) is 11.5 Å². The Balaban J connectivity index is 1.54. The first-order valence-electron chi connectivity index (χ1n) is 10.5. The lowest BCUT2D eigenvalue weighted by Gasteiger charge is -2.10. The van der Waals surface area contributed by atoms with Crippen LogP contribution in [0.3, 0.4) is 0 Å². The van der Waals surface area contributed by atoms with Gasteiger partial charge in [0.25, 0.3) is 5.91 Å². The van der Waals surface area contributed by atoms with Crippen molar-refractivity contribution in [2.75, 3.05) is 7.11 Å². The van der Waals surface area contributed by atoms with Crippen molar-refractivity contribution in [1.82, 2.24) is 10.2 Å². The monoisotopic (exact) mass is 633 g/mol. The fourth-order valence-corrected chi connectivity index (χ4v) is 4.25. The molecule has 0 saturated carbocycles. The highest BCUT2D eigenvalue weighted by atomic mass is 79.9. The first kappa shape index (κ1) is 26.1. The summed E-state index contributed by atoms with van der Waals surface area (Å²) in [6.07, 6.45) is 1.32. The molecule has 37 heavy (non-hydrogen) atoms. The van der Waals surface area contributed by atoms with E-state index in [-0.39, 0.29) is 47.4 Å². The van der Waals surface area contributed by atoms with Gasteiger partial charge in [0.05, 0.1) is 23.1 Å². The summed E-state index contributed by atoms with van der Waals surface area (Å²) < 4.78 is 16.8. The summed E-state index contributed by atoms with van der Waals surface area (Å²) >= 11 is 6.65. The zero-order valence-electron chi connectivity index (χ0n) is 19.0. The van der Waals surface area contributed by atoms with Crippen LogP contribution in [-0.2, 0) is 22.7 Å². The quantitative estimate of drug-likeness (QED) is 0.118. The minimum absolute atomic E-state index is 0.0257. The summed E-state index contributed by atoms with van der Waals surface area (Å²) in [5.74, 6) is -1.22. The molecule has 190 valence electrons. The second-order valence-corrected chi connectivity index (χ2v) is 9.43. The SMILES string of the molecule is COC(=O)c1ccc(CN2C(=O)N/C(=C\c3cc(Br)c(OCc4ccc(Br)cc4)c([N+](=O)[O-])c3)C2=O)o1. The zero-order valence-corrected chi connectivity index (χ0v) is 22.2. The fraction of sp³-hybridized carbons (Fsp3) is 0.125. The van der Waals surface area contributed by atoms with Gasteiger partial charge in [0, 0.05) is 10.5 Å². The number of carbonyl (C=O) groups is 3. The molecule has 0 unspecified atom stereocenters. The topological polar surface area (TPSA) is 141 Å². The predicted octanol–water partition coefficient (Wildman–Crippen LogP) is 5.17. The molecular formula is C24H17Br2N3O8. The van der Waals surface area contributed by atoms with Crippen LogP contribution in [0.25, 0.3) is 6.08 Å². The Bertz CT molecular complexity index is 1430. The molecule has 0 radical (unpaired) electrons. The Morgan fingerprint density at radius 1 is 1.16 bits per heavy atom. The summed E-state index contributed by atoms with van der Waals surface area (Å²) in [5.41, 5.74) is 0.684. The van der Waals surface area contributed by atoms with Crippen LogP contribution in [0.15, 0.2) is 67.6 Å². The van der Waals surface area contributed by atoms with Crippen molar-refractivity contribution in [3.05, 3.63) is 95.9 Å². The summed E-state index contributed by atoms with van der Waals surface area (Å²) in [4.78, 5) is 48.8. The Kier molecular flexibility index (Phi) is 7.74. The number of methoxy groups -OCH3 is 1. The molecule has 1 N–H and O–H groups in total. The van der Waals surface area contributed by atoms with Crippen molar-refractivity contribution >= 4 is 61.5 Å². The number of esters is 1. The van der Waals surface area contributed by atoms with Crippen molar-refractivity contribution in [2.24, 2.45) is 0 Å². The second-order valence-electron chi connectivity index (χ2n) is 7.66. The highest BCUT2D eigenvalue weighted by Gasteiger charge is 2.34. The molecule has 0 aliphatic carbocycles. The van der Waals surface area contributed by atoms with Gasteiger partial charge in [-0.1, -0.05) is 28.1 Å². The minimum Gasteiger partial charge on any atom is -0.481 e.